The van der Waals surface area contributed by atoms with E-state index in [-0.39, 0.29) is 63.4 Å². The molecule has 37 heavy (non-hydrogen) atoms. The standard InChI is InChI=1S/C23H38N6O8/c1-3-4-5-25-19(30)14-26-23(37)18(2)29(17-22(35)36)12-7-24-6-8-27(15-20(31)32)9-10-28(11-13-29)16-21(33)34/h1,18,24H,4-17H2,2H3,(H4-,25,26,30,31,32,33,34,35,36,37)/p+1. The highest BCUT2D eigenvalue weighted by atomic mass is 16.4. The quantitative estimate of drug-likeness (QED) is 0.0857. The predicted molar refractivity (Wildman–Crippen MR) is 132 cm³/mol. The maximum absolute atomic E-state index is 13.0. The molecule has 0 radical (unpaired) electrons. The molecular formula is C23H39N6O8+. The van der Waals surface area contributed by atoms with Crippen LogP contribution in [0.15, 0.2) is 0 Å². The number of terminal acetylenes is 1. The average Bonchev–Trinajstić information content (AvgIpc) is 2.81. The summed E-state index contributed by atoms with van der Waals surface area (Å²) < 4.78 is -0.165. The highest BCUT2D eigenvalue weighted by Gasteiger charge is 2.41. The van der Waals surface area contributed by atoms with Gasteiger partial charge in [-0.25, -0.2) is 4.79 Å². The van der Waals surface area contributed by atoms with Crippen LogP contribution in [0, 0.1) is 12.3 Å². The average molecular weight is 528 g/mol. The van der Waals surface area contributed by atoms with Crippen molar-refractivity contribution in [3.8, 4) is 12.3 Å². The number of carbonyl (C=O) groups excluding carboxylic acids is 2. The first-order valence-electron chi connectivity index (χ1n) is 12.1. The van der Waals surface area contributed by atoms with E-state index in [1.54, 1.807) is 16.7 Å². The predicted octanol–water partition coefficient (Wildman–Crippen LogP) is -3.09. The van der Waals surface area contributed by atoms with Crippen molar-refractivity contribution in [2.75, 3.05) is 85.1 Å². The summed E-state index contributed by atoms with van der Waals surface area (Å²) in [6.07, 6.45) is 5.50. The van der Waals surface area contributed by atoms with Crippen molar-refractivity contribution in [3.63, 3.8) is 0 Å². The minimum atomic E-state index is -1.11. The van der Waals surface area contributed by atoms with E-state index in [4.69, 9.17) is 11.5 Å². The molecule has 0 aromatic carbocycles. The summed E-state index contributed by atoms with van der Waals surface area (Å²) >= 11 is 0. The van der Waals surface area contributed by atoms with Crippen LogP contribution in [0.1, 0.15) is 13.3 Å². The van der Waals surface area contributed by atoms with Gasteiger partial charge < -0.3 is 35.8 Å². The summed E-state index contributed by atoms with van der Waals surface area (Å²) in [4.78, 5) is 62.8. The van der Waals surface area contributed by atoms with Crippen LogP contribution in [-0.2, 0) is 24.0 Å². The molecular weight excluding hydrogens is 488 g/mol. The van der Waals surface area contributed by atoms with Gasteiger partial charge in [0.05, 0.1) is 32.7 Å². The Bertz CT molecular complexity index is 848. The molecule has 2 atom stereocenters. The summed E-state index contributed by atoms with van der Waals surface area (Å²) in [5, 5.41) is 36.6. The number of aliphatic carboxylic acids is 3. The molecule has 1 rings (SSSR count). The van der Waals surface area contributed by atoms with Gasteiger partial charge in [-0.1, -0.05) is 0 Å². The molecule has 0 bridgehead atoms. The fraction of sp³-hybridized carbons (Fsp3) is 0.696. The van der Waals surface area contributed by atoms with Gasteiger partial charge >= 0.3 is 17.9 Å². The summed E-state index contributed by atoms with van der Waals surface area (Å²) in [6, 6.07) is -0.852. The van der Waals surface area contributed by atoms with Crippen LogP contribution in [0.25, 0.3) is 0 Å². The maximum atomic E-state index is 13.0. The summed E-state index contributed by atoms with van der Waals surface area (Å²) in [5.74, 6) is -1.71. The second-order valence-corrected chi connectivity index (χ2v) is 9.01. The van der Waals surface area contributed by atoms with Gasteiger partial charge in [0.15, 0.2) is 12.6 Å². The van der Waals surface area contributed by atoms with Crippen LogP contribution < -0.4 is 16.0 Å². The van der Waals surface area contributed by atoms with Gasteiger partial charge in [0.25, 0.3) is 5.91 Å². The maximum Gasteiger partial charge on any atom is 0.359 e. The third kappa shape index (κ3) is 12.5. The number of hydrogen-bond acceptors (Lipinski definition) is 8. The Hall–Kier alpha value is -3.25. The van der Waals surface area contributed by atoms with Crippen molar-refractivity contribution in [2.45, 2.75) is 19.4 Å². The molecule has 1 fully saturated rings. The Morgan fingerprint density at radius 2 is 1.54 bits per heavy atom. The van der Waals surface area contributed by atoms with Gasteiger partial charge in [0, 0.05) is 52.2 Å². The largest absolute Gasteiger partial charge is 0.480 e. The van der Waals surface area contributed by atoms with Gasteiger partial charge in [0.1, 0.15) is 0 Å². The van der Waals surface area contributed by atoms with Crippen molar-refractivity contribution < 1.29 is 43.8 Å². The molecule has 0 saturated carbocycles. The minimum Gasteiger partial charge on any atom is -0.480 e. The Morgan fingerprint density at radius 1 is 0.919 bits per heavy atom. The van der Waals surface area contributed by atoms with Crippen molar-refractivity contribution in [3.05, 3.63) is 0 Å². The summed E-state index contributed by atoms with van der Waals surface area (Å²) in [7, 11) is 0. The molecule has 14 heteroatoms. The summed E-state index contributed by atoms with van der Waals surface area (Å²) in [6.45, 7) is 3.01. The number of carboxylic acids is 3. The van der Waals surface area contributed by atoms with Crippen LogP contribution in [0.3, 0.4) is 0 Å². The van der Waals surface area contributed by atoms with Gasteiger partial charge in [-0.3, -0.25) is 29.0 Å². The Labute approximate surface area is 216 Å². The topological polar surface area (TPSA) is 189 Å². The Balaban J connectivity index is 3.07. The zero-order chi connectivity index (χ0) is 27.8. The van der Waals surface area contributed by atoms with Gasteiger partial charge in [0.2, 0.25) is 5.91 Å². The Morgan fingerprint density at radius 3 is 2.11 bits per heavy atom. The fourth-order valence-corrected chi connectivity index (χ4v) is 4.17. The first kappa shape index (κ1) is 31.8. The molecule has 0 spiro atoms. The molecule has 0 aromatic heterocycles. The third-order valence-electron chi connectivity index (χ3n) is 6.32. The number of quaternary nitrogens is 1. The van der Waals surface area contributed by atoms with E-state index < -0.39 is 35.8 Å². The zero-order valence-electron chi connectivity index (χ0n) is 21.3. The molecule has 1 aliphatic rings. The first-order chi connectivity index (χ1) is 17.5. The number of carboxylic acid groups (broad SMARTS) is 3. The van der Waals surface area contributed by atoms with Crippen LogP contribution in [-0.4, -0.2) is 150 Å². The van der Waals surface area contributed by atoms with E-state index in [0.717, 1.165) is 0 Å². The number of nitrogens with one attached hydrogen (secondary N) is 3. The summed E-state index contributed by atoms with van der Waals surface area (Å²) in [5.41, 5.74) is 0. The number of hydrogen-bond donors (Lipinski definition) is 6. The number of nitrogens with zero attached hydrogens (tertiary/aromatic N) is 3. The van der Waals surface area contributed by atoms with E-state index in [0.29, 0.717) is 32.6 Å². The van der Waals surface area contributed by atoms with Crippen LogP contribution >= 0.6 is 0 Å². The SMILES string of the molecule is C#CCCNC(=O)CNC(=O)C(C)[N+]1(CC(=O)O)CCNCCN(CC(=O)O)CCN(CC(=O)O)CC1. The van der Waals surface area contributed by atoms with E-state index in [1.807, 2.05) is 0 Å². The molecule has 0 aliphatic carbocycles. The minimum absolute atomic E-state index is 0.156. The molecule has 1 aliphatic heterocycles. The molecule has 6 N–H and O–H groups in total. The second-order valence-electron chi connectivity index (χ2n) is 9.01. The van der Waals surface area contributed by atoms with Gasteiger partial charge in [-0.2, -0.15) is 0 Å². The van der Waals surface area contributed by atoms with Crippen molar-refractivity contribution in [1.29, 1.82) is 0 Å². The fourth-order valence-electron chi connectivity index (χ4n) is 4.17. The molecule has 208 valence electrons. The zero-order valence-corrected chi connectivity index (χ0v) is 21.3. The van der Waals surface area contributed by atoms with Gasteiger partial charge in [-0.15, -0.1) is 12.3 Å². The normalized spacial score (nSPS) is 20.9. The molecule has 0 aromatic rings. The lowest BCUT2D eigenvalue weighted by Crippen LogP contribution is -2.66. The number of amides is 2. The highest BCUT2D eigenvalue weighted by Crippen LogP contribution is 2.15. The van der Waals surface area contributed by atoms with E-state index in [1.165, 1.54) is 0 Å². The second kappa shape index (κ2) is 16.5. The molecule has 1 heterocycles. The first-order valence-corrected chi connectivity index (χ1v) is 12.1. The Kier molecular flexibility index (Phi) is 14.2. The monoisotopic (exact) mass is 527 g/mol. The lowest BCUT2D eigenvalue weighted by Gasteiger charge is -2.43. The van der Waals surface area contributed by atoms with Crippen molar-refractivity contribution >= 4 is 29.7 Å². The van der Waals surface area contributed by atoms with Crippen molar-refractivity contribution in [1.82, 2.24) is 25.8 Å². The molecule has 14 nitrogen and oxygen atoms in total. The lowest BCUT2D eigenvalue weighted by molar-refractivity contribution is -0.932. The van der Waals surface area contributed by atoms with Crippen LogP contribution in [0.2, 0.25) is 0 Å². The van der Waals surface area contributed by atoms with Crippen LogP contribution in [0.5, 0.6) is 0 Å². The third-order valence-corrected chi connectivity index (χ3v) is 6.32. The highest BCUT2D eigenvalue weighted by molar-refractivity contribution is 5.86. The van der Waals surface area contributed by atoms with Crippen molar-refractivity contribution in [2.24, 2.45) is 0 Å². The van der Waals surface area contributed by atoms with E-state index in [2.05, 4.69) is 21.9 Å². The van der Waals surface area contributed by atoms with E-state index >= 15 is 0 Å². The lowest BCUT2D eigenvalue weighted by atomic mass is 10.1. The van der Waals surface area contributed by atoms with E-state index in [9.17, 15) is 34.2 Å². The molecule has 2 unspecified atom stereocenters. The molecule has 2 amide bonds. The smallest absolute Gasteiger partial charge is 0.359 e. The van der Waals surface area contributed by atoms with Gasteiger partial charge in [-0.05, 0) is 6.92 Å². The number of rotatable bonds is 12. The molecule has 1 saturated heterocycles. The number of carbonyl (C=O) groups is 5. The van der Waals surface area contributed by atoms with Crippen LogP contribution in [0.4, 0.5) is 0 Å².